The van der Waals surface area contributed by atoms with E-state index in [1.54, 1.807) is 0 Å². The molecule has 0 radical (unpaired) electrons. The minimum absolute atomic E-state index is 0.00303. The Kier molecular flexibility index (Phi) is 8.32. The number of carboxylic acid groups (broad SMARTS) is 1. The fourth-order valence-electron chi connectivity index (χ4n) is 3.49. The Morgan fingerprint density at radius 3 is 1.44 bits per heavy atom. The summed E-state index contributed by atoms with van der Waals surface area (Å²) in [5.74, 6) is -4.29. The molecule has 0 aliphatic heterocycles. The zero-order valence-corrected chi connectivity index (χ0v) is 25.1. The number of rotatable bonds is 6. The molecule has 3 aromatic rings. The summed E-state index contributed by atoms with van der Waals surface area (Å²) in [6.45, 7) is 0. The van der Waals surface area contributed by atoms with Gasteiger partial charge in [-0.3, -0.25) is 9.11 Å². The van der Waals surface area contributed by atoms with E-state index in [4.69, 9.17) is 0 Å². The number of hydrogen-bond donors (Lipinski definition) is 5. The van der Waals surface area contributed by atoms with Gasteiger partial charge in [-0.25, -0.2) is 4.79 Å². The number of hydrogen-bond acceptors (Lipinski definition) is 7. The van der Waals surface area contributed by atoms with Crippen molar-refractivity contribution in [1.29, 1.82) is 0 Å². The second-order valence-electron chi connectivity index (χ2n) is 7.19. The summed E-state index contributed by atoms with van der Waals surface area (Å²) < 4.78 is 67.4. The average molecular weight is 796 g/mol. The van der Waals surface area contributed by atoms with Gasteiger partial charge in [0.25, 0.3) is 20.2 Å². The molecule has 0 saturated carbocycles. The van der Waals surface area contributed by atoms with Gasteiger partial charge in [0, 0.05) is 23.8 Å². The number of carboxylic acids is 1. The summed E-state index contributed by atoms with van der Waals surface area (Å²) in [4.78, 5) is 10.6. The Bertz CT molecular complexity index is 1560. The number of carbonyl (C=O) groups is 1. The van der Waals surface area contributed by atoms with E-state index in [-0.39, 0.29) is 31.2 Å². The van der Waals surface area contributed by atoms with Crippen LogP contribution in [0.4, 0.5) is 0 Å². The normalized spacial score (nSPS) is 12.2. The maximum absolute atomic E-state index is 12.3. The van der Waals surface area contributed by atoms with Crippen LogP contribution in [0.2, 0.25) is 0 Å². The minimum atomic E-state index is -4.93. The summed E-state index contributed by atoms with van der Waals surface area (Å²) in [5.41, 5.74) is -0.332. The lowest BCUT2D eigenvalue weighted by Crippen LogP contribution is -2.14. The Morgan fingerprint density at radius 2 is 1.08 bits per heavy atom. The van der Waals surface area contributed by atoms with Gasteiger partial charge >= 0.3 is 5.97 Å². The molecule has 0 amide bonds. The molecule has 36 heavy (non-hydrogen) atoms. The molecule has 0 spiro atoms. The Morgan fingerprint density at radius 1 is 0.694 bits per heavy atom. The quantitative estimate of drug-likeness (QED) is 0.0921. The van der Waals surface area contributed by atoms with E-state index < -0.39 is 53.4 Å². The van der Waals surface area contributed by atoms with Crippen LogP contribution in [-0.2, 0) is 20.2 Å². The number of halogens is 4. The highest BCUT2D eigenvalue weighted by Crippen LogP contribution is 2.49. The Balaban J connectivity index is 2.57. The van der Waals surface area contributed by atoms with Crippen molar-refractivity contribution in [2.24, 2.45) is 0 Å². The van der Waals surface area contributed by atoms with Crippen LogP contribution in [0.3, 0.4) is 0 Å². The molecule has 3 rings (SSSR count). The molecule has 0 saturated heterocycles. The summed E-state index contributed by atoms with van der Waals surface area (Å²) in [7, 11) is -9.86. The van der Waals surface area contributed by atoms with Crippen molar-refractivity contribution in [1.82, 2.24) is 0 Å². The van der Waals surface area contributed by atoms with Crippen molar-refractivity contribution in [2.45, 2.75) is 15.7 Å². The molecule has 0 aromatic heterocycles. The molecule has 3 aromatic carbocycles. The predicted octanol–water partition coefficient (Wildman–Crippen LogP) is 5.52. The van der Waals surface area contributed by atoms with E-state index in [0.717, 1.165) is 24.3 Å². The molecular formula is C20H12Br4O10S2. The standard InChI is InChI=1S/C20H12Br4O10S2/c21-16-14(15(20(27)28)17(22)19(24)18(16)23)13(7-1-3-9(25)11(5-7)35(29,30)31)8-2-4-10(26)12(6-8)36(32,33)34/h1-6,13,25-26H,(H,27,28)(H,29,30,31)(H,32,33,34). The zero-order chi connectivity index (χ0) is 27.3. The second-order valence-corrected chi connectivity index (χ2v) is 13.1. The van der Waals surface area contributed by atoms with Gasteiger partial charge in [0.05, 0.1) is 5.56 Å². The Labute approximate surface area is 238 Å². The molecule has 0 atom stereocenters. The lowest BCUT2D eigenvalue weighted by atomic mass is 9.82. The highest BCUT2D eigenvalue weighted by Gasteiger charge is 2.33. The molecule has 0 bridgehead atoms. The van der Waals surface area contributed by atoms with Crippen molar-refractivity contribution in [3.05, 3.63) is 76.5 Å². The molecule has 192 valence electrons. The third-order valence-corrected chi connectivity index (χ3v) is 11.6. The molecule has 0 unspecified atom stereocenters. The van der Waals surface area contributed by atoms with Crippen molar-refractivity contribution in [3.8, 4) is 11.5 Å². The van der Waals surface area contributed by atoms with Gasteiger partial charge in [-0.15, -0.1) is 0 Å². The first-order valence-electron chi connectivity index (χ1n) is 9.16. The number of phenolic OH excluding ortho intramolecular Hbond substituents is 2. The predicted molar refractivity (Wildman–Crippen MR) is 141 cm³/mol. The van der Waals surface area contributed by atoms with Gasteiger partial charge in [0.1, 0.15) is 21.3 Å². The molecule has 0 aliphatic carbocycles. The number of aromatic hydroxyl groups is 2. The molecule has 16 heteroatoms. The largest absolute Gasteiger partial charge is 0.506 e. The van der Waals surface area contributed by atoms with Gasteiger partial charge in [-0.05, 0) is 105 Å². The van der Waals surface area contributed by atoms with Crippen LogP contribution >= 0.6 is 63.7 Å². The molecule has 0 aliphatic rings. The highest BCUT2D eigenvalue weighted by atomic mass is 79.9. The first-order valence-corrected chi connectivity index (χ1v) is 15.2. The van der Waals surface area contributed by atoms with E-state index in [0.29, 0.717) is 8.95 Å². The van der Waals surface area contributed by atoms with Crippen LogP contribution in [0.15, 0.2) is 64.1 Å². The third-order valence-electron chi connectivity index (χ3n) is 5.00. The first kappa shape index (κ1) is 29.0. The van der Waals surface area contributed by atoms with Crippen LogP contribution < -0.4 is 0 Å². The summed E-state index contributed by atoms with van der Waals surface area (Å²) in [6.07, 6.45) is 0. The lowest BCUT2D eigenvalue weighted by Gasteiger charge is -2.25. The fourth-order valence-corrected chi connectivity index (χ4v) is 7.27. The van der Waals surface area contributed by atoms with Crippen LogP contribution in [0.25, 0.3) is 0 Å². The molecule has 5 N–H and O–H groups in total. The summed E-state index contributed by atoms with van der Waals surface area (Å²) in [6, 6.07) is 6.14. The lowest BCUT2D eigenvalue weighted by molar-refractivity contribution is 0.0694. The van der Waals surface area contributed by atoms with E-state index in [9.17, 15) is 46.1 Å². The van der Waals surface area contributed by atoms with Crippen LogP contribution in [0.1, 0.15) is 33.0 Å². The van der Waals surface area contributed by atoms with Crippen LogP contribution in [-0.4, -0.2) is 47.2 Å². The fraction of sp³-hybridized carbons (Fsp3) is 0.0500. The molecule has 0 heterocycles. The SMILES string of the molecule is O=C(O)c1c(Br)c(Br)c(Br)c(Br)c1C(c1ccc(O)c(S(=O)(=O)O)c1)c1ccc(O)c(S(=O)(=O)O)c1. The highest BCUT2D eigenvalue weighted by molar-refractivity contribution is 9.15. The van der Waals surface area contributed by atoms with Gasteiger partial charge in [0.2, 0.25) is 0 Å². The molecule has 0 fully saturated rings. The topological polar surface area (TPSA) is 186 Å². The van der Waals surface area contributed by atoms with Crippen LogP contribution in [0.5, 0.6) is 11.5 Å². The van der Waals surface area contributed by atoms with Crippen molar-refractivity contribution in [3.63, 3.8) is 0 Å². The summed E-state index contributed by atoms with van der Waals surface area (Å²) >= 11 is 13.1. The number of benzene rings is 3. The van der Waals surface area contributed by atoms with Crippen molar-refractivity contribution < 1.29 is 46.1 Å². The third kappa shape index (κ3) is 5.50. The van der Waals surface area contributed by atoms with E-state index >= 15 is 0 Å². The van der Waals surface area contributed by atoms with Gasteiger partial charge in [0.15, 0.2) is 0 Å². The molecular weight excluding hydrogens is 784 g/mol. The Hall–Kier alpha value is -1.53. The number of phenols is 2. The van der Waals surface area contributed by atoms with Crippen molar-refractivity contribution >= 4 is 89.9 Å². The maximum Gasteiger partial charge on any atom is 0.337 e. The average Bonchev–Trinajstić information content (AvgIpc) is 2.76. The van der Waals surface area contributed by atoms with E-state index in [1.165, 1.54) is 12.1 Å². The monoisotopic (exact) mass is 792 g/mol. The second kappa shape index (κ2) is 10.3. The van der Waals surface area contributed by atoms with Gasteiger partial charge in [-0.1, -0.05) is 12.1 Å². The smallest absolute Gasteiger partial charge is 0.337 e. The van der Waals surface area contributed by atoms with E-state index in [1.807, 2.05) is 0 Å². The minimum Gasteiger partial charge on any atom is -0.506 e. The van der Waals surface area contributed by atoms with E-state index in [2.05, 4.69) is 63.7 Å². The number of aromatic carboxylic acids is 1. The van der Waals surface area contributed by atoms with Crippen molar-refractivity contribution in [2.75, 3.05) is 0 Å². The zero-order valence-electron chi connectivity index (χ0n) is 17.1. The first-order chi connectivity index (χ1) is 16.5. The van der Waals surface area contributed by atoms with Gasteiger partial charge < -0.3 is 15.3 Å². The summed E-state index contributed by atoms with van der Waals surface area (Å²) in [5, 5.41) is 30.0. The maximum atomic E-state index is 12.3. The van der Waals surface area contributed by atoms with Crippen LogP contribution in [0, 0.1) is 0 Å². The van der Waals surface area contributed by atoms with Gasteiger partial charge in [-0.2, -0.15) is 16.8 Å². The molecule has 10 nitrogen and oxygen atoms in total.